The molecule has 7 heteroatoms. The van der Waals surface area contributed by atoms with Gasteiger partial charge in [0.15, 0.2) is 0 Å². The number of aromatic nitrogens is 2. The number of ether oxygens (including phenoxy) is 1. The second-order valence-electron chi connectivity index (χ2n) is 6.74. The van der Waals surface area contributed by atoms with E-state index < -0.39 is 0 Å². The highest BCUT2D eigenvalue weighted by molar-refractivity contribution is 8.00. The van der Waals surface area contributed by atoms with E-state index in [1.54, 1.807) is 7.11 Å². The third kappa shape index (κ3) is 4.03. The second-order valence-corrected chi connectivity index (χ2v) is 8.03. The quantitative estimate of drug-likeness (QED) is 0.736. The second kappa shape index (κ2) is 8.12. The molecule has 1 amide bonds. The number of amides is 1. The Hall–Kier alpha value is -2.02. The summed E-state index contributed by atoms with van der Waals surface area (Å²) in [4.78, 5) is 14.9. The van der Waals surface area contributed by atoms with Crippen LogP contribution in [0.25, 0.3) is 11.5 Å². The average Bonchev–Trinajstić information content (AvgIpc) is 3.10. The molecular weight excluding hydrogens is 350 g/mol. The van der Waals surface area contributed by atoms with Gasteiger partial charge in [0, 0.05) is 17.6 Å². The van der Waals surface area contributed by atoms with Crippen LogP contribution in [0.4, 0.5) is 0 Å². The number of rotatable bonds is 5. The first-order valence-electron chi connectivity index (χ1n) is 8.96. The monoisotopic (exact) mass is 375 g/mol. The molecule has 0 aliphatic carbocycles. The Balaban J connectivity index is 1.67. The normalized spacial score (nSPS) is 21.5. The summed E-state index contributed by atoms with van der Waals surface area (Å²) in [7, 11) is 1.62. The molecule has 6 nitrogen and oxygen atoms in total. The van der Waals surface area contributed by atoms with Crippen LogP contribution in [0.5, 0.6) is 5.75 Å². The van der Waals surface area contributed by atoms with E-state index in [4.69, 9.17) is 9.15 Å². The van der Waals surface area contributed by atoms with Crippen molar-refractivity contribution in [2.45, 2.75) is 62.6 Å². The maximum atomic E-state index is 12.9. The third-order valence-electron chi connectivity index (χ3n) is 4.82. The molecule has 1 aliphatic heterocycles. The van der Waals surface area contributed by atoms with Gasteiger partial charge < -0.3 is 14.1 Å². The first-order valence-corrected chi connectivity index (χ1v) is 9.84. The number of benzene rings is 1. The zero-order chi connectivity index (χ0) is 18.7. The van der Waals surface area contributed by atoms with Crippen LogP contribution in [-0.4, -0.2) is 45.4 Å². The summed E-state index contributed by atoms with van der Waals surface area (Å²) in [5, 5.41) is 8.33. The molecule has 2 heterocycles. The first kappa shape index (κ1) is 18.8. The number of hydrogen-bond acceptors (Lipinski definition) is 6. The highest BCUT2D eigenvalue weighted by Gasteiger charge is 2.32. The number of likely N-dealkylation sites (tertiary alicyclic amines) is 1. The lowest BCUT2D eigenvalue weighted by molar-refractivity contribution is -0.136. The van der Waals surface area contributed by atoms with Crippen molar-refractivity contribution in [2.75, 3.05) is 7.11 Å². The zero-order valence-electron chi connectivity index (χ0n) is 15.6. The minimum absolute atomic E-state index is 0.138. The number of carbonyl (C=O) groups excluding carboxylic acids is 1. The third-order valence-corrected chi connectivity index (χ3v) is 5.74. The van der Waals surface area contributed by atoms with E-state index in [1.807, 2.05) is 36.1 Å². The van der Waals surface area contributed by atoms with Crippen LogP contribution in [0.2, 0.25) is 0 Å². The van der Waals surface area contributed by atoms with Crippen LogP contribution in [0.3, 0.4) is 0 Å². The van der Waals surface area contributed by atoms with Gasteiger partial charge in [0.1, 0.15) is 5.75 Å². The number of carbonyl (C=O) groups is 1. The van der Waals surface area contributed by atoms with E-state index in [1.165, 1.54) is 18.2 Å². The van der Waals surface area contributed by atoms with Crippen molar-refractivity contribution in [3.05, 3.63) is 24.3 Å². The van der Waals surface area contributed by atoms with E-state index in [0.717, 1.165) is 24.2 Å². The molecule has 1 aromatic carbocycles. The van der Waals surface area contributed by atoms with E-state index >= 15 is 0 Å². The molecular formula is C19H25N3O3S. The molecule has 0 N–H and O–H groups in total. The largest absolute Gasteiger partial charge is 0.497 e. The Morgan fingerprint density at radius 2 is 1.88 bits per heavy atom. The standard InChI is InChI=1S/C19H25N3O3S/c1-12-6-5-7-13(2)22(12)18(23)14(3)26-19-21-20-17(25-19)15-8-10-16(24-4)11-9-15/h8-14H,5-7H2,1-4H3/t12-,13+,14-/m1/s1. The summed E-state index contributed by atoms with van der Waals surface area (Å²) in [5.74, 6) is 1.35. The van der Waals surface area contributed by atoms with Crippen LogP contribution in [0.1, 0.15) is 40.0 Å². The summed E-state index contributed by atoms with van der Waals surface area (Å²) in [6, 6.07) is 7.99. The van der Waals surface area contributed by atoms with Crippen molar-refractivity contribution in [1.29, 1.82) is 0 Å². The fraction of sp³-hybridized carbons (Fsp3) is 0.526. The molecule has 0 radical (unpaired) electrons. The molecule has 0 spiro atoms. The predicted molar refractivity (Wildman–Crippen MR) is 101 cm³/mol. The zero-order valence-corrected chi connectivity index (χ0v) is 16.5. The number of piperidine rings is 1. The van der Waals surface area contributed by atoms with Gasteiger partial charge in [-0.15, -0.1) is 10.2 Å². The topological polar surface area (TPSA) is 68.5 Å². The highest BCUT2D eigenvalue weighted by Crippen LogP contribution is 2.30. The van der Waals surface area contributed by atoms with Gasteiger partial charge in [0.25, 0.3) is 5.22 Å². The molecule has 3 rings (SSSR count). The van der Waals surface area contributed by atoms with Crippen LogP contribution < -0.4 is 4.74 Å². The molecule has 0 bridgehead atoms. The van der Waals surface area contributed by atoms with Crippen LogP contribution in [0.15, 0.2) is 33.9 Å². The number of methoxy groups -OCH3 is 1. The van der Waals surface area contributed by atoms with Gasteiger partial charge in [-0.1, -0.05) is 11.8 Å². The van der Waals surface area contributed by atoms with Gasteiger partial charge in [0.2, 0.25) is 11.8 Å². The van der Waals surface area contributed by atoms with Gasteiger partial charge in [-0.25, -0.2) is 0 Å². The van der Waals surface area contributed by atoms with E-state index in [-0.39, 0.29) is 23.2 Å². The van der Waals surface area contributed by atoms with Crippen molar-refractivity contribution in [3.63, 3.8) is 0 Å². The lowest BCUT2D eigenvalue weighted by Crippen LogP contribution is -2.50. The minimum atomic E-state index is -0.262. The SMILES string of the molecule is COc1ccc(-c2nnc(S[C@H](C)C(=O)N3[C@H](C)CCC[C@@H]3C)o2)cc1. The molecule has 1 fully saturated rings. The fourth-order valence-electron chi connectivity index (χ4n) is 3.37. The van der Waals surface area contributed by atoms with Crippen molar-refractivity contribution in [2.24, 2.45) is 0 Å². The smallest absolute Gasteiger partial charge is 0.277 e. The van der Waals surface area contributed by atoms with Crippen LogP contribution >= 0.6 is 11.8 Å². The van der Waals surface area contributed by atoms with Crippen molar-refractivity contribution in [1.82, 2.24) is 15.1 Å². The Morgan fingerprint density at radius 1 is 1.23 bits per heavy atom. The van der Waals surface area contributed by atoms with Crippen molar-refractivity contribution < 1.29 is 13.9 Å². The average molecular weight is 375 g/mol. The predicted octanol–water partition coefficient (Wildman–Crippen LogP) is 4.02. The fourth-order valence-corrected chi connectivity index (χ4v) is 4.11. The van der Waals surface area contributed by atoms with Crippen LogP contribution in [-0.2, 0) is 4.79 Å². The van der Waals surface area contributed by atoms with Gasteiger partial charge in [-0.3, -0.25) is 4.79 Å². The summed E-state index contributed by atoms with van der Waals surface area (Å²) in [6.45, 7) is 6.15. The maximum absolute atomic E-state index is 12.9. The molecule has 26 heavy (non-hydrogen) atoms. The Morgan fingerprint density at radius 3 is 2.50 bits per heavy atom. The molecule has 0 saturated carbocycles. The van der Waals surface area contributed by atoms with E-state index in [2.05, 4.69) is 24.0 Å². The van der Waals surface area contributed by atoms with Gasteiger partial charge in [-0.05, 0) is 64.3 Å². The number of thioether (sulfide) groups is 1. The van der Waals surface area contributed by atoms with Gasteiger partial charge >= 0.3 is 0 Å². The van der Waals surface area contributed by atoms with Crippen molar-refractivity contribution in [3.8, 4) is 17.2 Å². The summed E-state index contributed by atoms with van der Waals surface area (Å²) >= 11 is 1.32. The molecule has 140 valence electrons. The first-order chi connectivity index (χ1) is 12.5. The Labute approximate surface area is 158 Å². The Bertz CT molecular complexity index is 737. The van der Waals surface area contributed by atoms with E-state index in [9.17, 15) is 4.79 Å². The highest BCUT2D eigenvalue weighted by atomic mass is 32.2. The van der Waals surface area contributed by atoms with Crippen molar-refractivity contribution >= 4 is 17.7 Å². The maximum Gasteiger partial charge on any atom is 0.277 e. The van der Waals surface area contributed by atoms with Gasteiger partial charge in [-0.2, -0.15) is 0 Å². The molecule has 3 atom stereocenters. The molecule has 1 aliphatic rings. The van der Waals surface area contributed by atoms with Gasteiger partial charge in [0.05, 0.1) is 12.4 Å². The summed E-state index contributed by atoms with van der Waals surface area (Å²) < 4.78 is 10.9. The lowest BCUT2D eigenvalue weighted by Gasteiger charge is -2.40. The minimum Gasteiger partial charge on any atom is -0.497 e. The Kier molecular flexibility index (Phi) is 5.86. The lowest BCUT2D eigenvalue weighted by atomic mass is 9.97. The van der Waals surface area contributed by atoms with Crippen LogP contribution in [0, 0.1) is 0 Å². The summed E-state index contributed by atoms with van der Waals surface area (Å²) in [6.07, 6.45) is 3.31. The van der Waals surface area contributed by atoms with E-state index in [0.29, 0.717) is 11.1 Å². The molecule has 0 unspecified atom stereocenters. The number of nitrogens with zero attached hydrogens (tertiary/aromatic N) is 3. The molecule has 1 saturated heterocycles. The molecule has 1 aromatic heterocycles. The number of hydrogen-bond donors (Lipinski definition) is 0. The summed E-state index contributed by atoms with van der Waals surface area (Å²) in [5.41, 5.74) is 0.822. The molecule has 2 aromatic rings.